The number of hydrogen-bond acceptors (Lipinski definition) is 0. The van der Waals surface area contributed by atoms with Gasteiger partial charge in [0.25, 0.3) is 0 Å². The van der Waals surface area contributed by atoms with Crippen LogP contribution in [0.2, 0.25) is 0 Å². The van der Waals surface area contributed by atoms with E-state index in [4.69, 9.17) is 0 Å². The van der Waals surface area contributed by atoms with Crippen LogP contribution in [0.15, 0.2) is 28.7 Å². The highest BCUT2D eigenvalue weighted by Gasteiger charge is 2.18. The molecular weight excluding hydrogens is 250 g/mol. The Bertz CT molecular complexity index is 512. The molecule has 0 fully saturated rings. The van der Waals surface area contributed by atoms with Crippen LogP contribution < -0.4 is 0 Å². The molecule has 1 aliphatic rings. The maximum atomic E-state index is 3.53. The molecule has 2 aromatic rings. The fourth-order valence-electron chi connectivity index (χ4n) is 2.68. The zero-order valence-corrected chi connectivity index (χ0v) is 10.4. The standard InChI is InChI=1S/C13H14BrN/c1-9-3-2-4-12-8-10-7-11(14)5-6-13(10)15(9)12/h5-9H,2-4H2,1H3. The van der Waals surface area contributed by atoms with Gasteiger partial charge in [0.05, 0.1) is 0 Å². The first-order valence-corrected chi connectivity index (χ1v) is 6.34. The summed E-state index contributed by atoms with van der Waals surface area (Å²) in [6.07, 6.45) is 3.88. The fourth-order valence-corrected chi connectivity index (χ4v) is 3.06. The average Bonchev–Trinajstić information content (AvgIpc) is 2.56. The molecule has 1 unspecified atom stereocenters. The molecule has 0 saturated heterocycles. The number of aromatic nitrogens is 1. The lowest BCUT2D eigenvalue weighted by molar-refractivity contribution is 0.443. The van der Waals surface area contributed by atoms with E-state index < -0.39 is 0 Å². The highest BCUT2D eigenvalue weighted by molar-refractivity contribution is 9.10. The topological polar surface area (TPSA) is 4.93 Å². The highest BCUT2D eigenvalue weighted by Crippen LogP contribution is 2.32. The summed E-state index contributed by atoms with van der Waals surface area (Å²) in [4.78, 5) is 0. The summed E-state index contributed by atoms with van der Waals surface area (Å²) in [5, 5.41) is 1.37. The van der Waals surface area contributed by atoms with Crippen molar-refractivity contribution < 1.29 is 0 Å². The Kier molecular flexibility index (Phi) is 2.13. The Morgan fingerprint density at radius 1 is 1.33 bits per heavy atom. The van der Waals surface area contributed by atoms with Gasteiger partial charge < -0.3 is 4.57 Å². The van der Waals surface area contributed by atoms with E-state index in [1.165, 1.54) is 40.3 Å². The Balaban J connectivity index is 2.32. The van der Waals surface area contributed by atoms with Gasteiger partial charge in [0.1, 0.15) is 0 Å². The molecular formula is C13H14BrN. The first-order chi connectivity index (χ1) is 7.25. The first-order valence-electron chi connectivity index (χ1n) is 5.55. The van der Waals surface area contributed by atoms with Crippen LogP contribution in [0.1, 0.15) is 31.5 Å². The van der Waals surface area contributed by atoms with E-state index in [1.54, 1.807) is 0 Å². The van der Waals surface area contributed by atoms with Crippen molar-refractivity contribution in [2.24, 2.45) is 0 Å². The summed E-state index contributed by atoms with van der Waals surface area (Å²) < 4.78 is 3.68. The highest BCUT2D eigenvalue weighted by atomic mass is 79.9. The van der Waals surface area contributed by atoms with E-state index in [-0.39, 0.29) is 0 Å². The lowest BCUT2D eigenvalue weighted by Gasteiger charge is -2.23. The minimum absolute atomic E-state index is 0.660. The summed E-state index contributed by atoms with van der Waals surface area (Å²) in [6.45, 7) is 2.32. The summed E-state index contributed by atoms with van der Waals surface area (Å²) in [6, 6.07) is 9.58. The van der Waals surface area contributed by atoms with Gasteiger partial charge in [0.2, 0.25) is 0 Å². The van der Waals surface area contributed by atoms with Crippen LogP contribution in [0.4, 0.5) is 0 Å². The molecule has 2 heteroatoms. The molecule has 1 nitrogen and oxygen atoms in total. The normalized spacial score (nSPS) is 20.5. The van der Waals surface area contributed by atoms with E-state index in [2.05, 4.69) is 51.7 Å². The van der Waals surface area contributed by atoms with Crippen LogP contribution in [0.25, 0.3) is 10.9 Å². The van der Waals surface area contributed by atoms with Gasteiger partial charge in [-0.15, -0.1) is 0 Å². The number of hydrogen-bond donors (Lipinski definition) is 0. The van der Waals surface area contributed by atoms with E-state index in [1.807, 2.05) is 0 Å². The Hall–Kier alpha value is -0.760. The molecule has 0 radical (unpaired) electrons. The molecule has 2 heterocycles. The number of benzene rings is 1. The third-order valence-electron chi connectivity index (χ3n) is 3.38. The molecule has 0 N–H and O–H groups in total. The molecule has 0 spiro atoms. The van der Waals surface area contributed by atoms with Crippen molar-refractivity contribution >= 4 is 26.8 Å². The zero-order chi connectivity index (χ0) is 10.4. The summed E-state index contributed by atoms with van der Waals surface area (Å²) >= 11 is 3.53. The number of aryl methyl sites for hydroxylation is 1. The Labute approximate surface area is 98.2 Å². The third-order valence-corrected chi connectivity index (χ3v) is 3.87. The predicted octanol–water partition coefficient (Wildman–Crippen LogP) is 4.30. The van der Waals surface area contributed by atoms with Crippen molar-refractivity contribution in [2.45, 2.75) is 32.2 Å². The second kappa shape index (κ2) is 3.38. The van der Waals surface area contributed by atoms with E-state index >= 15 is 0 Å². The molecule has 78 valence electrons. The van der Waals surface area contributed by atoms with Crippen LogP contribution in [-0.2, 0) is 6.42 Å². The van der Waals surface area contributed by atoms with Gasteiger partial charge in [0, 0.05) is 27.1 Å². The minimum Gasteiger partial charge on any atom is -0.342 e. The van der Waals surface area contributed by atoms with Gasteiger partial charge in [-0.05, 0) is 50.5 Å². The van der Waals surface area contributed by atoms with Crippen molar-refractivity contribution in [2.75, 3.05) is 0 Å². The molecule has 0 amide bonds. The first kappa shape index (κ1) is 9.46. The molecule has 0 saturated carbocycles. The minimum atomic E-state index is 0.660. The van der Waals surface area contributed by atoms with Gasteiger partial charge >= 0.3 is 0 Å². The van der Waals surface area contributed by atoms with Crippen molar-refractivity contribution in [3.05, 3.63) is 34.4 Å². The molecule has 0 bridgehead atoms. The molecule has 1 atom stereocenters. The summed E-state index contributed by atoms with van der Waals surface area (Å²) in [5.41, 5.74) is 2.89. The molecule has 3 rings (SSSR count). The van der Waals surface area contributed by atoms with Crippen molar-refractivity contribution in [1.29, 1.82) is 0 Å². The zero-order valence-electron chi connectivity index (χ0n) is 8.83. The number of nitrogens with zero attached hydrogens (tertiary/aromatic N) is 1. The Morgan fingerprint density at radius 3 is 3.07 bits per heavy atom. The van der Waals surface area contributed by atoms with E-state index in [0.717, 1.165) is 0 Å². The lowest BCUT2D eigenvalue weighted by atomic mass is 10.0. The maximum absolute atomic E-state index is 3.53. The Morgan fingerprint density at radius 2 is 2.20 bits per heavy atom. The predicted molar refractivity (Wildman–Crippen MR) is 67.3 cm³/mol. The van der Waals surface area contributed by atoms with E-state index in [0.29, 0.717) is 6.04 Å². The molecule has 1 aliphatic heterocycles. The third kappa shape index (κ3) is 1.43. The monoisotopic (exact) mass is 263 g/mol. The smallest absolute Gasteiger partial charge is 0.0485 e. The maximum Gasteiger partial charge on any atom is 0.0485 e. The van der Waals surface area contributed by atoms with Gasteiger partial charge in [-0.3, -0.25) is 0 Å². The van der Waals surface area contributed by atoms with Crippen LogP contribution in [0.5, 0.6) is 0 Å². The lowest BCUT2D eigenvalue weighted by Crippen LogP contribution is -2.13. The number of rotatable bonds is 0. The SMILES string of the molecule is CC1CCCc2cc3cc(Br)ccc3n21. The second-order valence-electron chi connectivity index (χ2n) is 4.45. The van der Waals surface area contributed by atoms with Crippen molar-refractivity contribution in [1.82, 2.24) is 4.57 Å². The van der Waals surface area contributed by atoms with Gasteiger partial charge in [-0.1, -0.05) is 15.9 Å². The van der Waals surface area contributed by atoms with Crippen LogP contribution in [0.3, 0.4) is 0 Å². The average molecular weight is 264 g/mol. The molecule has 15 heavy (non-hydrogen) atoms. The summed E-state index contributed by atoms with van der Waals surface area (Å²) in [7, 11) is 0. The number of fused-ring (bicyclic) bond motifs is 3. The molecule has 1 aromatic carbocycles. The van der Waals surface area contributed by atoms with Crippen LogP contribution in [0, 0.1) is 0 Å². The van der Waals surface area contributed by atoms with Gasteiger partial charge in [0.15, 0.2) is 0 Å². The largest absolute Gasteiger partial charge is 0.342 e. The number of halogens is 1. The van der Waals surface area contributed by atoms with Crippen LogP contribution in [-0.4, -0.2) is 4.57 Å². The van der Waals surface area contributed by atoms with Crippen LogP contribution >= 0.6 is 15.9 Å². The summed E-state index contributed by atoms with van der Waals surface area (Å²) in [5.74, 6) is 0. The van der Waals surface area contributed by atoms with Gasteiger partial charge in [-0.25, -0.2) is 0 Å². The van der Waals surface area contributed by atoms with Crippen molar-refractivity contribution in [3.63, 3.8) is 0 Å². The van der Waals surface area contributed by atoms with Crippen molar-refractivity contribution in [3.8, 4) is 0 Å². The fraction of sp³-hybridized carbons (Fsp3) is 0.385. The second-order valence-corrected chi connectivity index (χ2v) is 5.37. The van der Waals surface area contributed by atoms with Gasteiger partial charge in [-0.2, -0.15) is 0 Å². The molecule has 1 aromatic heterocycles. The van der Waals surface area contributed by atoms with E-state index in [9.17, 15) is 0 Å². The molecule has 0 aliphatic carbocycles. The quantitative estimate of drug-likeness (QED) is 0.668.